The van der Waals surface area contributed by atoms with Crippen molar-refractivity contribution in [2.45, 2.75) is 51.4 Å². The molecule has 2 aromatic rings. The smallest absolute Gasteiger partial charge is 0.407 e. The Labute approximate surface area is 167 Å². The number of hydrogen-bond acceptors (Lipinski definition) is 7. The highest BCUT2D eigenvalue weighted by Gasteiger charge is 2.31. The van der Waals surface area contributed by atoms with Crippen LogP contribution < -0.4 is 10.6 Å². The topological polar surface area (TPSA) is 102 Å². The fraction of sp³-hybridized carbons (Fsp3) is 0.474. The summed E-state index contributed by atoms with van der Waals surface area (Å²) in [5.41, 5.74) is 0.919. The lowest BCUT2D eigenvalue weighted by Gasteiger charge is -2.20. The molecule has 1 saturated heterocycles. The summed E-state index contributed by atoms with van der Waals surface area (Å²) >= 11 is 1.34. The van der Waals surface area contributed by atoms with Gasteiger partial charge in [-0.05, 0) is 45.7 Å². The van der Waals surface area contributed by atoms with Gasteiger partial charge in [0.25, 0.3) is 5.91 Å². The van der Waals surface area contributed by atoms with E-state index in [0.29, 0.717) is 30.2 Å². The van der Waals surface area contributed by atoms with Crippen molar-refractivity contribution in [3.63, 3.8) is 0 Å². The summed E-state index contributed by atoms with van der Waals surface area (Å²) < 4.78 is 10.9. The van der Waals surface area contributed by atoms with Gasteiger partial charge in [-0.3, -0.25) is 15.1 Å². The number of rotatable bonds is 5. The molecule has 2 amide bonds. The number of carbonyl (C=O) groups excluding carboxylic acids is 2. The molecule has 150 valence electrons. The van der Waals surface area contributed by atoms with E-state index in [4.69, 9.17) is 9.47 Å². The Morgan fingerprint density at radius 3 is 2.82 bits per heavy atom. The fourth-order valence-corrected chi connectivity index (χ4v) is 3.42. The summed E-state index contributed by atoms with van der Waals surface area (Å²) in [5, 5.41) is 7.82. The average molecular weight is 404 g/mol. The van der Waals surface area contributed by atoms with Crippen LogP contribution in [0.4, 0.5) is 9.93 Å². The molecule has 8 nitrogen and oxygen atoms in total. The van der Waals surface area contributed by atoms with E-state index in [1.807, 2.05) is 23.6 Å². The number of carbonyl (C=O) groups is 2. The van der Waals surface area contributed by atoms with Crippen LogP contribution in [0.2, 0.25) is 0 Å². The highest BCUT2D eigenvalue weighted by atomic mass is 32.1. The molecule has 28 heavy (non-hydrogen) atoms. The molecular weight excluding hydrogens is 380 g/mol. The van der Waals surface area contributed by atoms with E-state index in [1.54, 1.807) is 27.0 Å². The van der Waals surface area contributed by atoms with Gasteiger partial charge in [0.1, 0.15) is 17.4 Å². The normalized spacial score (nSPS) is 19.2. The van der Waals surface area contributed by atoms with Gasteiger partial charge in [-0.15, -0.1) is 11.3 Å². The third-order valence-electron chi connectivity index (χ3n) is 3.93. The quantitative estimate of drug-likeness (QED) is 0.793. The molecule has 1 fully saturated rings. The minimum Gasteiger partial charge on any atom is -0.444 e. The minimum absolute atomic E-state index is 0.219. The first kappa shape index (κ1) is 20.2. The summed E-state index contributed by atoms with van der Waals surface area (Å²) in [4.78, 5) is 32.8. The Kier molecular flexibility index (Phi) is 6.25. The van der Waals surface area contributed by atoms with Gasteiger partial charge in [-0.25, -0.2) is 9.78 Å². The van der Waals surface area contributed by atoms with Crippen molar-refractivity contribution >= 4 is 28.5 Å². The van der Waals surface area contributed by atoms with E-state index < -0.39 is 17.8 Å². The van der Waals surface area contributed by atoms with Crippen molar-refractivity contribution in [1.82, 2.24) is 15.3 Å². The summed E-state index contributed by atoms with van der Waals surface area (Å²) in [7, 11) is 0. The Morgan fingerprint density at radius 2 is 2.11 bits per heavy atom. The van der Waals surface area contributed by atoms with Crippen LogP contribution in [-0.4, -0.2) is 46.3 Å². The SMILES string of the molecule is CC(C)(C)OC(=O)NC[C@H]1CC[C@@H](C(=O)Nc2nc(-c3ccccn3)cs2)O1. The highest BCUT2D eigenvalue weighted by Crippen LogP contribution is 2.25. The predicted molar refractivity (Wildman–Crippen MR) is 106 cm³/mol. The summed E-state index contributed by atoms with van der Waals surface area (Å²) in [6.45, 7) is 5.71. The monoisotopic (exact) mass is 404 g/mol. The van der Waals surface area contributed by atoms with Crippen LogP contribution in [0.1, 0.15) is 33.6 Å². The number of alkyl carbamates (subject to hydrolysis) is 1. The maximum absolute atomic E-state index is 12.4. The molecule has 0 saturated carbocycles. The van der Waals surface area contributed by atoms with Crippen molar-refractivity contribution in [2.75, 3.05) is 11.9 Å². The second-order valence-corrected chi connectivity index (χ2v) is 8.31. The number of pyridine rings is 1. The second kappa shape index (κ2) is 8.66. The molecule has 1 aliphatic heterocycles. The number of nitrogens with one attached hydrogen (secondary N) is 2. The third kappa shape index (κ3) is 5.74. The zero-order valence-corrected chi connectivity index (χ0v) is 16.9. The minimum atomic E-state index is -0.562. The molecule has 0 radical (unpaired) electrons. The number of nitrogens with zero attached hydrogens (tertiary/aromatic N) is 2. The molecule has 0 aromatic carbocycles. The molecule has 0 aliphatic carbocycles. The molecule has 2 N–H and O–H groups in total. The van der Waals surface area contributed by atoms with Gasteiger partial charge in [0.2, 0.25) is 0 Å². The van der Waals surface area contributed by atoms with E-state index in [-0.39, 0.29) is 12.0 Å². The van der Waals surface area contributed by atoms with Gasteiger partial charge < -0.3 is 14.8 Å². The molecule has 0 bridgehead atoms. The predicted octanol–water partition coefficient (Wildman–Crippen LogP) is 3.22. The number of hydrogen-bond donors (Lipinski definition) is 2. The van der Waals surface area contributed by atoms with Crippen LogP contribution in [0, 0.1) is 0 Å². The van der Waals surface area contributed by atoms with Crippen molar-refractivity contribution in [1.29, 1.82) is 0 Å². The van der Waals surface area contributed by atoms with Gasteiger partial charge in [0, 0.05) is 18.1 Å². The highest BCUT2D eigenvalue weighted by molar-refractivity contribution is 7.14. The Bertz CT molecular complexity index is 819. The Balaban J connectivity index is 1.46. The molecule has 0 spiro atoms. The van der Waals surface area contributed by atoms with Crippen LogP contribution in [0.25, 0.3) is 11.4 Å². The first-order valence-corrected chi connectivity index (χ1v) is 9.98. The van der Waals surface area contributed by atoms with Crippen molar-refractivity contribution in [3.8, 4) is 11.4 Å². The van der Waals surface area contributed by atoms with E-state index in [0.717, 1.165) is 5.69 Å². The molecule has 0 unspecified atom stereocenters. The Hall–Kier alpha value is -2.52. The fourth-order valence-electron chi connectivity index (χ4n) is 2.71. The molecule has 9 heteroatoms. The van der Waals surface area contributed by atoms with Gasteiger partial charge >= 0.3 is 6.09 Å². The maximum Gasteiger partial charge on any atom is 0.407 e. The van der Waals surface area contributed by atoms with Crippen LogP contribution in [-0.2, 0) is 14.3 Å². The van der Waals surface area contributed by atoms with E-state index in [2.05, 4.69) is 20.6 Å². The van der Waals surface area contributed by atoms with Crippen molar-refractivity contribution < 1.29 is 19.1 Å². The molecular formula is C19H24N4O4S. The van der Waals surface area contributed by atoms with Crippen LogP contribution >= 0.6 is 11.3 Å². The van der Waals surface area contributed by atoms with E-state index >= 15 is 0 Å². The Morgan fingerprint density at radius 1 is 1.29 bits per heavy atom. The van der Waals surface area contributed by atoms with E-state index in [9.17, 15) is 9.59 Å². The number of amides is 2. The first-order chi connectivity index (χ1) is 13.3. The van der Waals surface area contributed by atoms with Gasteiger partial charge in [0.05, 0.1) is 11.8 Å². The van der Waals surface area contributed by atoms with Crippen molar-refractivity contribution in [3.05, 3.63) is 29.8 Å². The third-order valence-corrected chi connectivity index (χ3v) is 4.69. The lowest BCUT2D eigenvalue weighted by atomic mass is 10.2. The second-order valence-electron chi connectivity index (χ2n) is 7.45. The van der Waals surface area contributed by atoms with E-state index in [1.165, 1.54) is 11.3 Å². The van der Waals surface area contributed by atoms with Crippen LogP contribution in [0.5, 0.6) is 0 Å². The number of thiazole rings is 1. The number of ether oxygens (including phenoxy) is 2. The molecule has 3 heterocycles. The summed E-state index contributed by atoms with van der Waals surface area (Å²) in [5.74, 6) is -0.235. The molecule has 2 atom stereocenters. The van der Waals surface area contributed by atoms with Crippen LogP contribution in [0.3, 0.4) is 0 Å². The first-order valence-electron chi connectivity index (χ1n) is 9.10. The standard InChI is InChI=1S/C19H24N4O4S/c1-19(2,3)27-18(25)21-10-12-7-8-15(26-12)16(24)23-17-22-14(11-28-17)13-6-4-5-9-20-13/h4-6,9,11-12,15H,7-8,10H2,1-3H3,(H,21,25)(H,22,23,24)/t12-,15+/m1/s1. The number of anilines is 1. The van der Waals surface area contributed by atoms with Gasteiger partial charge in [-0.2, -0.15) is 0 Å². The average Bonchev–Trinajstić information content (AvgIpc) is 3.29. The lowest BCUT2D eigenvalue weighted by Crippen LogP contribution is -2.37. The summed E-state index contributed by atoms with van der Waals surface area (Å²) in [6.07, 6.45) is 1.70. The lowest BCUT2D eigenvalue weighted by molar-refractivity contribution is -0.126. The number of aromatic nitrogens is 2. The maximum atomic E-state index is 12.4. The van der Waals surface area contributed by atoms with Crippen LogP contribution in [0.15, 0.2) is 29.8 Å². The summed E-state index contributed by atoms with van der Waals surface area (Å²) in [6, 6.07) is 5.59. The zero-order valence-electron chi connectivity index (χ0n) is 16.1. The zero-order chi connectivity index (χ0) is 20.1. The largest absolute Gasteiger partial charge is 0.444 e. The van der Waals surface area contributed by atoms with Gasteiger partial charge in [-0.1, -0.05) is 6.07 Å². The molecule has 1 aliphatic rings. The van der Waals surface area contributed by atoms with Crippen molar-refractivity contribution in [2.24, 2.45) is 0 Å². The molecule has 3 rings (SSSR count). The molecule has 2 aromatic heterocycles. The van der Waals surface area contributed by atoms with Gasteiger partial charge in [0.15, 0.2) is 5.13 Å².